The zero-order valence-electron chi connectivity index (χ0n) is 16.7. The summed E-state index contributed by atoms with van der Waals surface area (Å²) in [5.74, 6) is 0.542. The number of nitrogens with zero attached hydrogens (tertiary/aromatic N) is 4. The van der Waals surface area contributed by atoms with E-state index >= 15 is 0 Å². The zero-order chi connectivity index (χ0) is 21.3. The molecule has 0 saturated carbocycles. The van der Waals surface area contributed by atoms with Gasteiger partial charge in [0.15, 0.2) is 0 Å². The minimum atomic E-state index is -0.575. The number of nitrogen functional groups attached to an aromatic ring is 1. The fourth-order valence-corrected chi connectivity index (χ4v) is 3.62. The van der Waals surface area contributed by atoms with Gasteiger partial charge >= 0.3 is 6.09 Å². The number of hydrogen-bond donors (Lipinski definition) is 3. The number of ether oxygens (including phenoxy) is 1. The van der Waals surface area contributed by atoms with E-state index in [1.165, 1.54) is 16.0 Å². The van der Waals surface area contributed by atoms with Crippen LogP contribution in [0.1, 0.15) is 20.8 Å². The van der Waals surface area contributed by atoms with E-state index in [0.717, 1.165) is 10.2 Å². The first-order valence-corrected chi connectivity index (χ1v) is 10.0. The van der Waals surface area contributed by atoms with E-state index in [0.29, 0.717) is 22.5 Å². The van der Waals surface area contributed by atoms with Crippen LogP contribution in [0.25, 0.3) is 15.3 Å². The lowest BCUT2D eigenvalue weighted by Crippen LogP contribution is -2.27. The van der Waals surface area contributed by atoms with Crippen molar-refractivity contribution in [2.75, 3.05) is 16.4 Å². The number of para-hydroxylation sites is 1. The number of benzene rings is 2. The molecule has 0 aliphatic heterocycles. The van der Waals surface area contributed by atoms with Gasteiger partial charge in [-0.25, -0.2) is 9.78 Å². The van der Waals surface area contributed by atoms with Crippen LogP contribution in [0.4, 0.5) is 28.1 Å². The van der Waals surface area contributed by atoms with Crippen LogP contribution in [0.5, 0.6) is 0 Å². The molecule has 2 aromatic heterocycles. The normalized spacial score (nSPS) is 11.4. The molecule has 2 aromatic carbocycles. The number of nitrogens with one attached hydrogen (secondary N) is 2. The summed E-state index contributed by atoms with van der Waals surface area (Å²) >= 11 is 1.48. The average molecular weight is 424 g/mol. The summed E-state index contributed by atoms with van der Waals surface area (Å²) in [7, 11) is 0. The number of carbonyl (C=O) groups excluding carboxylic acids is 1. The molecule has 30 heavy (non-hydrogen) atoms. The minimum absolute atomic E-state index is 0.222. The van der Waals surface area contributed by atoms with Gasteiger partial charge < -0.3 is 15.8 Å². The Hall–Kier alpha value is -3.66. The van der Waals surface area contributed by atoms with Gasteiger partial charge in [-0.2, -0.15) is 9.67 Å². The second-order valence-corrected chi connectivity index (χ2v) is 8.51. The predicted octanol–water partition coefficient (Wildman–Crippen LogP) is 4.55. The maximum atomic E-state index is 12.0. The fourth-order valence-electron chi connectivity index (χ4n) is 2.69. The summed E-state index contributed by atoms with van der Waals surface area (Å²) in [4.78, 5) is 20.8. The van der Waals surface area contributed by atoms with Gasteiger partial charge in [0.05, 0.1) is 10.2 Å². The third kappa shape index (κ3) is 4.49. The molecule has 0 aliphatic carbocycles. The standard InChI is InChI=1S/C20H21N7O2S/c1-20(2,3)29-19(28)23-13-8-6-7-12(11-13)22-17-25-16(21)27(26-17)18-24-14-9-4-5-10-15(14)30-18/h4-11H,1-3H3,(H,23,28)(H3,21,22,25,26). The largest absolute Gasteiger partial charge is 0.444 e. The molecule has 10 heteroatoms. The maximum absolute atomic E-state index is 12.0. The summed E-state index contributed by atoms with van der Waals surface area (Å²) in [5, 5.41) is 10.8. The van der Waals surface area contributed by atoms with Crippen molar-refractivity contribution in [3.05, 3.63) is 48.5 Å². The molecule has 0 radical (unpaired) electrons. The molecular weight excluding hydrogens is 402 g/mol. The summed E-state index contributed by atoms with van der Waals surface area (Å²) in [5.41, 5.74) is 7.61. The molecule has 154 valence electrons. The quantitative estimate of drug-likeness (QED) is 0.440. The van der Waals surface area contributed by atoms with Gasteiger partial charge in [-0.15, -0.1) is 5.10 Å². The van der Waals surface area contributed by atoms with Crippen LogP contribution in [-0.4, -0.2) is 31.4 Å². The van der Waals surface area contributed by atoms with Crippen LogP contribution in [0.15, 0.2) is 48.5 Å². The highest BCUT2D eigenvalue weighted by molar-refractivity contribution is 7.20. The van der Waals surface area contributed by atoms with Gasteiger partial charge in [-0.3, -0.25) is 5.32 Å². The number of rotatable bonds is 4. The van der Waals surface area contributed by atoms with Crippen molar-refractivity contribution in [2.45, 2.75) is 26.4 Å². The van der Waals surface area contributed by atoms with Gasteiger partial charge in [-0.1, -0.05) is 29.5 Å². The molecule has 0 fully saturated rings. The van der Waals surface area contributed by atoms with E-state index in [4.69, 9.17) is 10.5 Å². The molecule has 1 amide bonds. The second-order valence-electron chi connectivity index (χ2n) is 7.50. The Balaban J connectivity index is 1.51. The number of anilines is 4. The van der Waals surface area contributed by atoms with Gasteiger partial charge in [0, 0.05) is 11.4 Å². The highest BCUT2D eigenvalue weighted by Crippen LogP contribution is 2.26. The Kier molecular flexibility index (Phi) is 5.00. The summed E-state index contributed by atoms with van der Waals surface area (Å²) < 4.78 is 7.81. The van der Waals surface area contributed by atoms with Crippen LogP contribution in [-0.2, 0) is 4.74 Å². The molecule has 0 unspecified atom stereocenters. The predicted molar refractivity (Wildman–Crippen MR) is 119 cm³/mol. The SMILES string of the molecule is CC(C)(C)OC(=O)Nc1cccc(Nc2nc(N)n(-c3nc4ccccc4s3)n2)c1. The number of thiazole rings is 1. The van der Waals surface area contributed by atoms with E-state index in [1.54, 1.807) is 18.2 Å². The number of carbonyl (C=O) groups is 1. The second kappa shape index (κ2) is 7.64. The Morgan fingerprint density at radius 2 is 1.87 bits per heavy atom. The van der Waals surface area contributed by atoms with E-state index < -0.39 is 11.7 Å². The number of fused-ring (bicyclic) bond motifs is 1. The van der Waals surface area contributed by atoms with E-state index in [1.807, 2.05) is 51.1 Å². The van der Waals surface area contributed by atoms with Gasteiger partial charge in [0.25, 0.3) is 0 Å². The minimum Gasteiger partial charge on any atom is -0.444 e. The Morgan fingerprint density at radius 3 is 2.63 bits per heavy atom. The first-order valence-electron chi connectivity index (χ1n) is 9.22. The summed E-state index contributed by atoms with van der Waals surface area (Å²) in [6.07, 6.45) is -0.526. The van der Waals surface area contributed by atoms with Gasteiger partial charge in [0.1, 0.15) is 5.60 Å². The zero-order valence-corrected chi connectivity index (χ0v) is 17.5. The topological polar surface area (TPSA) is 120 Å². The highest BCUT2D eigenvalue weighted by Gasteiger charge is 2.17. The summed E-state index contributed by atoms with van der Waals surface area (Å²) in [6.45, 7) is 5.42. The first kappa shape index (κ1) is 19.6. The Morgan fingerprint density at radius 1 is 1.10 bits per heavy atom. The van der Waals surface area contributed by atoms with Crippen molar-refractivity contribution in [2.24, 2.45) is 0 Å². The lowest BCUT2D eigenvalue weighted by Gasteiger charge is -2.19. The molecule has 9 nitrogen and oxygen atoms in total. The Labute approximate surface area is 176 Å². The van der Waals surface area contributed by atoms with Crippen LogP contribution in [0.2, 0.25) is 0 Å². The third-order valence-corrected chi connectivity index (χ3v) is 4.87. The molecule has 2 heterocycles. The number of amides is 1. The average Bonchev–Trinajstić information content (AvgIpc) is 3.23. The number of nitrogens with two attached hydrogens (primary N) is 1. The van der Waals surface area contributed by atoms with E-state index in [9.17, 15) is 4.79 Å². The fraction of sp³-hybridized carbons (Fsp3) is 0.200. The molecule has 4 aromatic rings. The highest BCUT2D eigenvalue weighted by atomic mass is 32.1. The lowest BCUT2D eigenvalue weighted by atomic mass is 10.2. The first-order chi connectivity index (χ1) is 14.3. The van der Waals surface area contributed by atoms with Crippen molar-refractivity contribution < 1.29 is 9.53 Å². The maximum Gasteiger partial charge on any atom is 0.412 e. The summed E-state index contributed by atoms with van der Waals surface area (Å²) in [6, 6.07) is 15.0. The number of aromatic nitrogens is 4. The lowest BCUT2D eigenvalue weighted by molar-refractivity contribution is 0.0636. The van der Waals surface area contributed by atoms with Crippen molar-refractivity contribution in [1.29, 1.82) is 0 Å². The monoisotopic (exact) mass is 423 g/mol. The van der Waals surface area contributed by atoms with Crippen molar-refractivity contribution in [3.8, 4) is 5.13 Å². The van der Waals surface area contributed by atoms with E-state index in [2.05, 4.69) is 25.7 Å². The van der Waals surface area contributed by atoms with E-state index in [-0.39, 0.29) is 5.95 Å². The molecule has 0 saturated heterocycles. The van der Waals surface area contributed by atoms with Crippen LogP contribution < -0.4 is 16.4 Å². The molecule has 4 rings (SSSR count). The molecule has 4 N–H and O–H groups in total. The Bertz CT molecular complexity index is 1180. The van der Waals surface area contributed by atoms with Crippen molar-refractivity contribution in [1.82, 2.24) is 19.7 Å². The molecule has 0 spiro atoms. The van der Waals surface area contributed by atoms with Crippen LogP contribution in [0.3, 0.4) is 0 Å². The van der Waals surface area contributed by atoms with Crippen molar-refractivity contribution >= 4 is 50.9 Å². The third-order valence-electron chi connectivity index (χ3n) is 3.86. The molecule has 0 bridgehead atoms. The number of hydrogen-bond acceptors (Lipinski definition) is 8. The van der Waals surface area contributed by atoms with Gasteiger partial charge in [0.2, 0.25) is 17.0 Å². The molecule has 0 aliphatic rings. The smallest absolute Gasteiger partial charge is 0.412 e. The van der Waals surface area contributed by atoms with Crippen LogP contribution >= 0.6 is 11.3 Å². The van der Waals surface area contributed by atoms with Crippen molar-refractivity contribution in [3.63, 3.8) is 0 Å². The van der Waals surface area contributed by atoms with Gasteiger partial charge in [-0.05, 0) is 51.1 Å². The molecular formula is C20H21N7O2S. The van der Waals surface area contributed by atoms with Crippen LogP contribution in [0, 0.1) is 0 Å². The molecule has 0 atom stereocenters.